The molecule has 10 nitrogen and oxygen atoms in total. The van der Waals surface area contributed by atoms with Crippen molar-refractivity contribution in [3.63, 3.8) is 0 Å². The van der Waals surface area contributed by atoms with Crippen LogP contribution in [0.1, 0.15) is 18.6 Å². The molecule has 0 unspecified atom stereocenters. The molecule has 0 spiro atoms. The van der Waals surface area contributed by atoms with Crippen LogP contribution < -0.4 is 11.1 Å². The fourth-order valence-corrected chi connectivity index (χ4v) is 2.46. The van der Waals surface area contributed by atoms with Crippen LogP contribution in [-0.4, -0.2) is 36.0 Å². The van der Waals surface area contributed by atoms with Crippen LogP contribution in [0.15, 0.2) is 24.7 Å². The van der Waals surface area contributed by atoms with Gasteiger partial charge in [-0.1, -0.05) is 16.8 Å². The van der Waals surface area contributed by atoms with E-state index in [0.29, 0.717) is 5.69 Å². The minimum Gasteiger partial charge on any atom is -0.441 e. The van der Waals surface area contributed by atoms with Crippen LogP contribution in [0.2, 0.25) is 5.15 Å². The molecule has 0 aliphatic rings. The van der Waals surface area contributed by atoms with E-state index >= 15 is 0 Å². The molecule has 0 bridgehead atoms. The van der Waals surface area contributed by atoms with E-state index in [9.17, 15) is 9.18 Å². The maximum Gasteiger partial charge on any atom is 0.413 e. The lowest BCUT2D eigenvalue weighted by Crippen LogP contribution is -2.19. The number of rotatable bonds is 4. The van der Waals surface area contributed by atoms with E-state index in [1.807, 2.05) is 0 Å². The Hall–Kier alpha value is -3.34. The molecule has 3 aromatic rings. The lowest BCUT2D eigenvalue weighted by atomic mass is 10.2. The van der Waals surface area contributed by atoms with Crippen molar-refractivity contribution in [1.82, 2.24) is 29.9 Å². The van der Waals surface area contributed by atoms with E-state index in [0.717, 1.165) is 12.3 Å². The molecule has 1 amide bonds. The van der Waals surface area contributed by atoms with Crippen LogP contribution in [0.4, 0.5) is 20.8 Å². The van der Waals surface area contributed by atoms with Gasteiger partial charge in [0.05, 0.1) is 18.6 Å². The topological polar surface area (TPSA) is 134 Å². The molecule has 0 fully saturated rings. The van der Waals surface area contributed by atoms with Crippen molar-refractivity contribution in [3.8, 4) is 11.4 Å². The van der Waals surface area contributed by atoms with E-state index < -0.39 is 18.0 Å². The van der Waals surface area contributed by atoms with Gasteiger partial charge in [0.25, 0.3) is 0 Å². The maximum absolute atomic E-state index is 13.4. The second-order valence-electron chi connectivity index (χ2n) is 5.44. The van der Waals surface area contributed by atoms with Crippen molar-refractivity contribution in [1.29, 1.82) is 0 Å². The lowest BCUT2D eigenvalue weighted by Gasteiger charge is -2.15. The number of nitrogens with one attached hydrogen (secondary N) is 1. The number of pyridine rings is 1. The third-order valence-corrected chi connectivity index (χ3v) is 3.83. The number of nitrogens with two attached hydrogens (primary N) is 1. The van der Waals surface area contributed by atoms with Gasteiger partial charge in [0.1, 0.15) is 28.6 Å². The smallest absolute Gasteiger partial charge is 0.413 e. The second kappa shape index (κ2) is 7.50. The van der Waals surface area contributed by atoms with Gasteiger partial charge in [-0.2, -0.15) is 0 Å². The fourth-order valence-electron chi connectivity index (χ4n) is 2.20. The first-order valence-corrected chi connectivity index (χ1v) is 7.99. The Morgan fingerprint density at radius 1 is 1.33 bits per heavy atom. The highest BCUT2D eigenvalue weighted by Gasteiger charge is 2.21. The summed E-state index contributed by atoms with van der Waals surface area (Å²) in [5, 5.41) is 10.4. The Bertz CT molecular complexity index is 978. The third-order valence-electron chi connectivity index (χ3n) is 3.52. The number of aryl methyl sites for hydroxylation is 1. The number of nitrogen functional groups attached to an aromatic ring is 1. The first-order chi connectivity index (χ1) is 12.8. The predicted molar refractivity (Wildman–Crippen MR) is 94.2 cm³/mol. The third kappa shape index (κ3) is 4.08. The molecule has 0 saturated heterocycles. The molecule has 12 heteroatoms. The molecule has 140 valence electrons. The van der Waals surface area contributed by atoms with Crippen molar-refractivity contribution in [3.05, 3.63) is 41.2 Å². The number of aromatic nitrogens is 6. The van der Waals surface area contributed by atoms with Crippen LogP contribution in [0.5, 0.6) is 0 Å². The normalized spacial score (nSPS) is 11.9. The standard InChI is InChI=1S/C15H14ClFN8O2/c1-7(9-3-8(17)4-21-13(9)16)27-15(26)22-14-12(23-24-25(14)2)10-5-20-11(18)6-19-10/h3-7H,1-2H3,(H2,18,20)(H,22,26)/t7-/m1/s1. The van der Waals surface area contributed by atoms with Crippen molar-refractivity contribution < 1.29 is 13.9 Å². The molecule has 3 heterocycles. The van der Waals surface area contributed by atoms with Gasteiger partial charge in [0.15, 0.2) is 11.5 Å². The molecule has 0 saturated carbocycles. The van der Waals surface area contributed by atoms with E-state index in [4.69, 9.17) is 22.1 Å². The number of anilines is 2. The highest BCUT2D eigenvalue weighted by atomic mass is 35.5. The molecule has 3 rings (SSSR count). The molecule has 0 aliphatic heterocycles. The summed E-state index contributed by atoms with van der Waals surface area (Å²) in [4.78, 5) is 24.0. The van der Waals surface area contributed by atoms with Crippen LogP contribution in [0.25, 0.3) is 11.4 Å². The molecular weight excluding hydrogens is 379 g/mol. The van der Waals surface area contributed by atoms with E-state index in [2.05, 4.69) is 30.6 Å². The number of nitrogens with zero attached hydrogens (tertiary/aromatic N) is 6. The Labute approximate surface area is 157 Å². The Kier molecular flexibility index (Phi) is 5.12. The van der Waals surface area contributed by atoms with Crippen molar-refractivity contribution in [2.45, 2.75) is 13.0 Å². The van der Waals surface area contributed by atoms with Gasteiger partial charge >= 0.3 is 6.09 Å². The zero-order valence-corrected chi connectivity index (χ0v) is 15.0. The van der Waals surface area contributed by atoms with E-state index in [1.54, 1.807) is 7.05 Å². The summed E-state index contributed by atoms with van der Waals surface area (Å²) in [6, 6.07) is 1.15. The second-order valence-corrected chi connectivity index (χ2v) is 5.80. The number of carbonyl (C=O) groups is 1. The van der Waals surface area contributed by atoms with Gasteiger partial charge < -0.3 is 10.5 Å². The number of hydrogen-bond acceptors (Lipinski definition) is 8. The minimum absolute atomic E-state index is 0.0386. The average molecular weight is 393 g/mol. The summed E-state index contributed by atoms with van der Waals surface area (Å²) >= 11 is 5.92. The van der Waals surface area contributed by atoms with Crippen LogP contribution >= 0.6 is 11.6 Å². The summed E-state index contributed by atoms with van der Waals surface area (Å²) in [6.45, 7) is 1.54. The molecule has 1 atom stereocenters. The molecule has 27 heavy (non-hydrogen) atoms. The van der Waals surface area contributed by atoms with Gasteiger partial charge in [-0.05, 0) is 13.0 Å². The summed E-state index contributed by atoms with van der Waals surface area (Å²) in [5.41, 5.74) is 6.39. The molecule has 0 aromatic carbocycles. The zero-order chi connectivity index (χ0) is 19.6. The first-order valence-electron chi connectivity index (χ1n) is 7.61. The van der Waals surface area contributed by atoms with Gasteiger partial charge in [-0.15, -0.1) is 5.10 Å². The maximum atomic E-state index is 13.4. The SMILES string of the molecule is C[C@@H](OC(=O)Nc1c(-c2cnc(N)cn2)nnn1C)c1cc(F)cnc1Cl. The molecule has 0 aliphatic carbocycles. The van der Waals surface area contributed by atoms with Gasteiger partial charge in [-0.25, -0.2) is 28.8 Å². The largest absolute Gasteiger partial charge is 0.441 e. The summed E-state index contributed by atoms with van der Waals surface area (Å²) in [7, 11) is 1.58. The summed E-state index contributed by atoms with van der Waals surface area (Å²) in [6.07, 6.45) is 2.06. The average Bonchev–Trinajstić information content (AvgIpc) is 2.98. The summed E-state index contributed by atoms with van der Waals surface area (Å²) < 4.78 is 19.9. The van der Waals surface area contributed by atoms with Gasteiger partial charge in [0.2, 0.25) is 0 Å². The summed E-state index contributed by atoms with van der Waals surface area (Å²) in [5.74, 6) is -0.119. The Morgan fingerprint density at radius 3 is 2.81 bits per heavy atom. The van der Waals surface area contributed by atoms with Gasteiger partial charge in [-0.3, -0.25) is 5.32 Å². The Balaban J connectivity index is 1.77. The number of ether oxygens (including phenoxy) is 1. The van der Waals surface area contributed by atoms with Crippen LogP contribution in [0.3, 0.4) is 0 Å². The van der Waals surface area contributed by atoms with Gasteiger partial charge in [0, 0.05) is 12.6 Å². The monoisotopic (exact) mass is 392 g/mol. The first kappa shape index (κ1) is 18.5. The minimum atomic E-state index is -0.846. The lowest BCUT2D eigenvalue weighted by molar-refractivity contribution is 0.120. The van der Waals surface area contributed by atoms with Crippen LogP contribution in [0, 0.1) is 5.82 Å². The zero-order valence-electron chi connectivity index (χ0n) is 14.2. The number of carbonyl (C=O) groups excluding carboxylic acids is 1. The molecule has 3 N–H and O–H groups in total. The molecule has 3 aromatic heterocycles. The van der Waals surface area contributed by atoms with Crippen molar-refractivity contribution >= 4 is 29.3 Å². The van der Waals surface area contributed by atoms with Crippen LogP contribution in [-0.2, 0) is 11.8 Å². The highest BCUT2D eigenvalue weighted by Crippen LogP contribution is 2.26. The Morgan fingerprint density at radius 2 is 2.11 bits per heavy atom. The predicted octanol–water partition coefficient (Wildman–Crippen LogP) is 2.35. The van der Waals surface area contributed by atoms with E-state index in [-0.39, 0.29) is 28.0 Å². The van der Waals surface area contributed by atoms with Crippen molar-refractivity contribution in [2.24, 2.45) is 7.05 Å². The number of hydrogen-bond donors (Lipinski definition) is 2. The highest BCUT2D eigenvalue weighted by molar-refractivity contribution is 6.30. The number of amides is 1. The molecule has 0 radical (unpaired) electrons. The number of halogens is 2. The molecular formula is C15H14ClFN8O2. The fraction of sp³-hybridized carbons (Fsp3) is 0.200. The quantitative estimate of drug-likeness (QED) is 0.646. The van der Waals surface area contributed by atoms with Crippen molar-refractivity contribution in [2.75, 3.05) is 11.1 Å². The van der Waals surface area contributed by atoms with E-state index in [1.165, 1.54) is 24.0 Å².